The van der Waals surface area contributed by atoms with E-state index in [1.807, 2.05) is 37.3 Å². The predicted octanol–water partition coefficient (Wildman–Crippen LogP) is 5.41. The Balaban J connectivity index is 1.86. The first-order chi connectivity index (χ1) is 12.2. The summed E-state index contributed by atoms with van der Waals surface area (Å²) in [5, 5.41) is 13.5. The Bertz CT molecular complexity index is 773. The van der Waals surface area contributed by atoms with Crippen molar-refractivity contribution >= 4 is 22.2 Å². The molecule has 1 aliphatic rings. The van der Waals surface area contributed by atoms with Gasteiger partial charge in [-0.3, -0.25) is 4.79 Å². The van der Waals surface area contributed by atoms with Crippen LogP contribution in [0.1, 0.15) is 66.5 Å². The van der Waals surface area contributed by atoms with Gasteiger partial charge in [-0.15, -0.1) is 11.3 Å². The van der Waals surface area contributed by atoms with Crippen molar-refractivity contribution in [1.82, 2.24) is 0 Å². The fourth-order valence-electron chi connectivity index (χ4n) is 3.58. The molecule has 4 heteroatoms. The molecule has 3 nitrogen and oxygen atoms in total. The summed E-state index contributed by atoms with van der Waals surface area (Å²) < 4.78 is 0. The van der Waals surface area contributed by atoms with Crippen LogP contribution in [-0.2, 0) is 17.6 Å². The van der Waals surface area contributed by atoms with E-state index in [1.165, 1.54) is 29.7 Å². The number of fused-ring (bicyclic) bond motifs is 1. The third-order valence-electron chi connectivity index (χ3n) is 4.95. The third kappa shape index (κ3) is 3.93. The molecule has 0 spiro atoms. The van der Waals surface area contributed by atoms with Gasteiger partial charge in [-0.25, -0.2) is 0 Å². The van der Waals surface area contributed by atoms with Crippen molar-refractivity contribution in [3.8, 4) is 6.07 Å². The molecule has 2 aromatic rings. The minimum absolute atomic E-state index is 0.0144. The minimum Gasteiger partial charge on any atom is -0.316 e. The van der Waals surface area contributed by atoms with Crippen LogP contribution in [0.4, 0.5) is 5.00 Å². The lowest BCUT2D eigenvalue weighted by Gasteiger charge is -2.14. The molecule has 1 aromatic carbocycles. The average molecular weight is 353 g/mol. The highest BCUT2D eigenvalue weighted by Crippen LogP contribution is 2.37. The normalized spacial score (nSPS) is 15.4. The lowest BCUT2D eigenvalue weighted by atomic mass is 9.95. The van der Waals surface area contributed by atoms with Gasteiger partial charge in [0.05, 0.1) is 11.5 Å². The van der Waals surface area contributed by atoms with Crippen LogP contribution in [0.25, 0.3) is 0 Å². The molecule has 1 unspecified atom stereocenters. The Morgan fingerprint density at radius 3 is 2.60 bits per heavy atom. The van der Waals surface area contributed by atoms with Gasteiger partial charge in [0.15, 0.2) is 0 Å². The fraction of sp³-hybridized carbons (Fsp3) is 0.429. The van der Waals surface area contributed by atoms with Crippen LogP contribution >= 0.6 is 11.3 Å². The number of thiophene rings is 1. The number of hydrogen-bond donors (Lipinski definition) is 1. The van der Waals surface area contributed by atoms with E-state index in [0.717, 1.165) is 36.2 Å². The summed E-state index contributed by atoms with van der Waals surface area (Å²) in [6, 6.07) is 12.2. The fourth-order valence-corrected chi connectivity index (χ4v) is 4.83. The van der Waals surface area contributed by atoms with E-state index < -0.39 is 0 Å². The molecule has 130 valence electrons. The van der Waals surface area contributed by atoms with E-state index in [1.54, 1.807) is 11.3 Å². The topological polar surface area (TPSA) is 52.9 Å². The predicted molar refractivity (Wildman–Crippen MR) is 103 cm³/mol. The molecule has 1 amide bonds. The second-order valence-electron chi connectivity index (χ2n) is 6.59. The quantitative estimate of drug-likeness (QED) is 0.799. The van der Waals surface area contributed by atoms with Gasteiger partial charge < -0.3 is 5.32 Å². The van der Waals surface area contributed by atoms with E-state index in [2.05, 4.69) is 11.4 Å². The SMILES string of the molecule is CCC(C(=O)Nc1sc2c(c1C#N)CCCCCC2)c1ccccc1. The largest absolute Gasteiger partial charge is 0.316 e. The van der Waals surface area contributed by atoms with Crippen LogP contribution in [0, 0.1) is 11.3 Å². The summed E-state index contributed by atoms with van der Waals surface area (Å²) in [5.41, 5.74) is 2.89. The second-order valence-corrected chi connectivity index (χ2v) is 7.70. The zero-order valence-electron chi connectivity index (χ0n) is 14.7. The first kappa shape index (κ1) is 17.7. The Morgan fingerprint density at radius 1 is 1.20 bits per heavy atom. The lowest BCUT2D eigenvalue weighted by molar-refractivity contribution is -0.117. The van der Waals surface area contributed by atoms with E-state index >= 15 is 0 Å². The van der Waals surface area contributed by atoms with Gasteiger partial charge in [-0.05, 0) is 43.2 Å². The van der Waals surface area contributed by atoms with Crippen LogP contribution in [-0.4, -0.2) is 5.91 Å². The summed E-state index contributed by atoms with van der Waals surface area (Å²) >= 11 is 1.61. The number of aryl methyl sites for hydroxylation is 1. The summed E-state index contributed by atoms with van der Waals surface area (Å²) in [6.45, 7) is 2.02. The van der Waals surface area contributed by atoms with Crippen molar-refractivity contribution in [2.24, 2.45) is 0 Å². The summed E-state index contributed by atoms with van der Waals surface area (Å²) in [5.74, 6) is -0.197. The maximum atomic E-state index is 12.8. The number of nitrogens with one attached hydrogen (secondary N) is 1. The number of anilines is 1. The van der Waals surface area contributed by atoms with Gasteiger partial charge in [0.25, 0.3) is 0 Å². The molecular weight excluding hydrogens is 328 g/mol. The van der Waals surface area contributed by atoms with Gasteiger partial charge in [0.1, 0.15) is 11.1 Å². The van der Waals surface area contributed by atoms with Gasteiger partial charge in [0.2, 0.25) is 5.91 Å². The molecule has 0 radical (unpaired) electrons. The first-order valence-electron chi connectivity index (χ1n) is 9.15. The van der Waals surface area contributed by atoms with E-state index in [4.69, 9.17) is 0 Å². The average Bonchev–Trinajstić information content (AvgIpc) is 2.92. The van der Waals surface area contributed by atoms with Crippen molar-refractivity contribution in [2.45, 2.75) is 57.8 Å². The lowest BCUT2D eigenvalue weighted by Crippen LogP contribution is -2.20. The molecule has 1 atom stereocenters. The van der Waals surface area contributed by atoms with Crippen molar-refractivity contribution in [1.29, 1.82) is 5.26 Å². The maximum absolute atomic E-state index is 12.8. The number of nitrogens with zero attached hydrogens (tertiary/aromatic N) is 1. The van der Waals surface area contributed by atoms with Crippen LogP contribution in [0.2, 0.25) is 0 Å². The first-order valence-corrected chi connectivity index (χ1v) is 9.96. The molecule has 1 N–H and O–H groups in total. The molecule has 1 aliphatic carbocycles. The van der Waals surface area contributed by atoms with Gasteiger partial charge >= 0.3 is 0 Å². The van der Waals surface area contributed by atoms with Crippen molar-refractivity contribution in [3.63, 3.8) is 0 Å². The van der Waals surface area contributed by atoms with Crippen molar-refractivity contribution in [2.75, 3.05) is 5.32 Å². The molecule has 0 bridgehead atoms. The third-order valence-corrected chi connectivity index (χ3v) is 6.15. The Kier molecular flexibility index (Phi) is 5.88. The highest BCUT2D eigenvalue weighted by atomic mass is 32.1. The minimum atomic E-state index is -0.183. The van der Waals surface area contributed by atoms with Crippen molar-refractivity contribution in [3.05, 3.63) is 51.9 Å². The van der Waals surface area contributed by atoms with E-state index in [-0.39, 0.29) is 11.8 Å². The Hall–Kier alpha value is -2.12. The molecule has 1 aromatic heterocycles. The molecule has 0 saturated carbocycles. The zero-order chi connectivity index (χ0) is 17.6. The summed E-state index contributed by atoms with van der Waals surface area (Å²) in [7, 11) is 0. The maximum Gasteiger partial charge on any atom is 0.232 e. The molecule has 3 rings (SSSR count). The van der Waals surface area contributed by atoms with Crippen LogP contribution in [0.3, 0.4) is 0 Å². The number of benzene rings is 1. The highest BCUT2D eigenvalue weighted by molar-refractivity contribution is 7.16. The summed E-state index contributed by atoms with van der Waals surface area (Å²) in [6.07, 6.45) is 7.52. The zero-order valence-corrected chi connectivity index (χ0v) is 15.5. The number of hydrogen-bond acceptors (Lipinski definition) is 3. The highest BCUT2D eigenvalue weighted by Gasteiger charge is 2.24. The summed E-state index contributed by atoms with van der Waals surface area (Å²) in [4.78, 5) is 14.1. The number of carbonyl (C=O) groups excluding carboxylic acids is 1. The van der Waals surface area contributed by atoms with Gasteiger partial charge in [-0.2, -0.15) is 5.26 Å². The monoisotopic (exact) mass is 352 g/mol. The number of carbonyl (C=O) groups is 1. The standard InChI is InChI=1S/C21H24N2OS/c1-2-16(15-10-6-5-7-11-15)20(24)23-21-18(14-22)17-12-8-3-4-9-13-19(17)25-21/h5-7,10-11,16H,2-4,8-9,12-13H2,1H3,(H,23,24). The Morgan fingerprint density at radius 2 is 1.92 bits per heavy atom. The molecule has 1 heterocycles. The number of rotatable bonds is 4. The smallest absolute Gasteiger partial charge is 0.232 e. The molecule has 0 aliphatic heterocycles. The number of amides is 1. The van der Waals surface area contributed by atoms with E-state index in [9.17, 15) is 10.1 Å². The Labute approximate surface area is 153 Å². The molecule has 0 saturated heterocycles. The molecule has 0 fully saturated rings. The number of nitriles is 1. The second kappa shape index (κ2) is 8.31. The molecular formula is C21H24N2OS. The van der Waals surface area contributed by atoms with Crippen LogP contribution in [0.5, 0.6) is 0 Å². The van der Waals surface area contributed by atoms with Gasteiger partial charge in [0, 0.05) is 4.88 Å². The van der Waals surface area contributed by atoms with Gasteiger partial charge in [-0.1, -0.05) is 50.1 Å². The molecule has 25 heavy (non-hydrogen) atoms. The van der Waals surface area contributed by atoms with Crippen molar-refractivity contribution < 1.29 is 4.79 Å². The van der Waals surface area contributed by atoms with Crippen LogP contribution in [0.15, 0.2) is 30.3 Å². The van der Waals surface area contributed by atoms with E-state index in [0.29, 0.717) is 5.56 Å². The van der Waals surface area contributed by atoms with Crippen LogP contribution < -0.4 is 5.32 Å².